The molecule has 0 fully saturated rings. The molecule has 1 N–H and O–H groups in total. The van der Waals surface area contributed by atoms with E-state index in [0.717, 1.165) is 30.5 Å². The van der Waals surface area contributed by atoms with Crippen molar-refractivity contribution in [2.75, 3.05) is 18.9 Å². The third-order valence-corrected chi connectivity index (χ3v) is 4.94. The summed E-state index contributed by atoms with van der Waals surface area (Å²) in [5.41, 5.74) is 4.98. The first-order valence-corrected chi connectivity index (χ1v) is 9.97. The van der Waals surface area contributed by atoms with Crippen LogP contribution in [-0.2, 0) is 19.3 Å². The lowest BCUT2D eigenvalue weighted by molar-refractivity contribution is 0.0791. The van der Waals surface area contributed by atoms with Gasteiger partial charge in [-0.25, -0.2) is 9.97 Å². The van der Waals surface area contributed by atoms with Gasteiger partial charge in [0.15, 0.2) is 0 Å². The van der Waals surface area contributed by atoms with E-state index < -0.39 is 0 Å². The van der Waals surface area contributed by atoms with E-state index in [1.54, 1.807) is 36.6 Å². The molecule has 0 aliphatic rings. The Hall–Kier alpha value is -3.28. The van der Waals surface area contributed by atoms with Gasteiger partial charge in [-0.3, -0.25) is 9.78 Å². The van der Waals surface area contributed by atoms with Gasteiger partial charge in [-0.05, 0) is 54.2 Å². The van der Waals surface area contributed by atoms with E-state index in [1.807, 2.05) is 12.1 Å². The summed E-state index contributed by atoms with van der Waals surface area (Å²) in [5, 5.41) is 3.34. The molecule has 0 aliphatic carbocycles. The average Bonchev–Trinajstić information content (AvgIpc) is 2.78. The van der Waals surface area contributed by atoms with E-state index in [2.05, 4.69) is 52.3 Å². The Balaban J connectivity index is 1.73. The van der Waals surface area contributed by atoms with Crippen LogP contribution in [0.5, 0.6) is 0 Å². The number of aromatic nitrogens is 3. The van der Waals surface area contributed by atoms with Crippen molar-refractivity contribution < 1.29 is 4.79 Å². The van der Waals surface area contributed by atoms with E-state index >= 15 is 0 Å². The first-order chi connectivity index (χ1) is 14.1. The van der Waals surface area contributed by atoms with Crippen molar-refractivity contribution in [3.8, 4) is 0 Å². The van der Waals surface area contributed by atoms with Crippen LogP contribution in [0.3, 0.4) is 0 Å². The van der Waals surface area contributed by atoms with E-state index in [9.17, 15) is 4.79 Å². The maximum Gasteiger partial charge on any atom is 0.272 e. The molecule has 0 unspecified atom stereocenters. The van der Waals surface area contributed by atoms with Crippen LogP contribution >= 0.6 is 0 Å². The van der Waals surface area contributed by atoms with Crippen molar-refractivity contribution in [2.24, 2.45) is 0 Å². The number of carbonyl (C=O) groups is 1. The van der Waals surface area contributed by atoms with Crippen LogP contribution in [0.4, 0.5) is 11.6 Å². The van der Waals surface area contributed by atoms with Gasteiger partial charge < -0.3 is 10.2 Å². The normalized spacial score (nSPS) is 10.6. The molecule has 3 aromatic rings. The maximum absolute atomic E-state index is 12.8. The van der Waals surface area contributed by atoms with Gasteiger partial charge in [-0.15, -0.1) is 0 Å². The molecular formula is C23H27N5O. The van der Waals surface area contributed by atoms with Crippen LogP contribution in [0.2, 0.25) is 0 Å². The summed E-state index contributed by atoms with van der Waals surface area (Å²) in [6, 6.07) is 11.8. The van der Waals surface area contributed by atoms with Gasteiger partial charge in [-0.1, -0.05) is 32.0 Å². The van der Waals surface area contributed by atoms with E-state index in [0.29, 0.717) is 18.2 Å². The van der Waals surface area contributed by atoms with Crippen LogP contribution in [0, 0.1) is 0 Å². The molecule has 0 saturated carbocycles. The first kappa shape index (κ1) is 20.5. The number of aryl methyl sites for hydroxylation is 2. The molecule has 1 amide bonds. The average molecular weight is 390 g/mol. The summed E-state index contributed by atoms with van der Waals surface area (Å²) in [4.78, 5) is 27.3. The molecule has 150 valence electrons. The number of amides is 1. The minimum Gasteiger partial charge on any atom is -0.340 e. The number of pyridine rings is 1. The van der Waals surface area contributed by atoms with Crippen molar-refractivity contribution in [3.63, 3.8) is 0 Å². The van der Waals surface area contributed by atoms with Gasteiger partial charge in [-0.2, -0.15) is 0 Å². The molecule has 0 radical (unpaired) electrons. The third kappa shape index (κ3) is 5.16. The standard InChI is InChI=1S/C23H27N5O/c1-4-18-7-6-8-19(5-2)21(18)27-23-25-15-11-20(26-23)22(29)28(3)16-12-17-9-13-24-14-10-17/h6-11,13-15H,4-5,12,16H2,1-3H3,(H,25,26,27). The summed E-state index contributed by atoms with van der Waals surface area (Å²) < 4.78 is 0. The fraction of sp³-hybridized carbons (Fsp3) is 0.304. The Morgan fingerprint density at radius 3 is 2.34 bits per heavy atom. The lowest BCUT2D eigenvalue weighted by Gasteiger charge is -2.18. The van der Waals surface area contributed by atoms with E-state index in [4.69, 9.17) is 0 Å². The number of nitrogens with zero attached hydrogens (tertiary/aromatic N) is 4. The number of likely N-dealkylation sites (N-methyl/N-ethyl adjacent to an activating group) is 1. The predicted molar refractivity (Wildman–Crippen MR) is 115 cm³/mol. The highest BCUT2D eigenvalue weighted by atomic mass is 16.2. The second-order valence-corrected chi connectivity index (χ2v) is 6.88. The molecule has 3 rings (SSSR count). The Bertz CT molecular complexity index is 936. The Kier molecular flexibility index (Phi) is 6.89. The van der Waals surface area contributed by atoms with E-state index in [-0.39, 0.29) is 5.91 Å². The van der Waals surface area contributed by atoms with Crippen molar-refractivity contribution in [3.05, 3.63) is 77.4 Å². The fourth-order valence-electron chi connectivity index (χ4n) is 3.20. The SMILES string of the molecule is CCc1cccc(CC)c1Nc1nccc(C(=O)N(C)CCc2ccncc2)n1. The van der Waals surface area contributed by atoms with Crippen LogP contribution in [0.25, 0.3) is 0 Å². The second kappa shape index (κ2) is 9.78. The van der Waals surface area contributed by atoms with Crippen LogP contribution in [-0.4, -0.2) is 39.4 Å². The summed E-state index contributed by atoms with van der Waals surface area (Å²) in [6.45, 7) is 4.85. The maximum atomic E-state index is 12.8. The van der Waals surface area contributed by atoms with Gasteiger partial charge in [0.1, 0.15) is 5.69 Å². The molecular weight excluding hydrogens is 362 g/mol. The summed E-state index contributed by atoms with van der Waals surface area (Å²) in [7, 11) is 1.79. The number of hydrogen-bond acceptors (Lipinski definition) is 5. The highest BCUT2D eigenvalue weighted by Gasteiger charge is 2.15. The third-order valence-electron chi connectivity index (χ3n) is 4.94. The molecule has 0 aliphatic heterocycles. The molecule has 6 nitrogen and oxygen atoms in total. The quantitative estimate of drug-likeness (QED) is 0.629. The van der Waals surface area contributed by atoms with Gasteiger partial charge in [0, 0.05) is 37.9 Å². The molecule has 6 heteroatoms. The largest absolute Gasteiger partial charge is 0.340 e. The van der Waals surface area contributed by atoms with Crippen molar-refractivity contribution in [2.45, 2.75) is 33.1 Å². The van der Waals surface area contributed by atoms with Crippen LogP contribution in [0.1, 0.15) is 41.0 Å². The van der Waals surface area contributed by atoms with Crippen LogP contribution < -0.4 is 5.32 Å². The zero-order valence-electron chi connectivity index (χ0n) is 17.2. The van der Waals surface area contributed by atoms with E-state index in [1.165, 1.54) is 11.1 Å². The van der Waals surface area contributed by atoms with Gasteiger partial charge >= 0.3 is 0 Å². The van der Waals surface area contributed by atoms with Gasteiger partial charge in [0.25, 0.3) is 5.91 Å². The number of benzene rings is 1. The molecule has 2 aromatic heterocycles. The summed E-state index contributed by atoms with van der Waals surface area (Å²) >= 11 is 0. The van der Waals surface area contributed by atoms with Crippen molar-refractivity contribution in [1.82, 2.24) is 19.9 Å². The number of rotatable bonds is 8. The number of nitrogens with one attached hydrogen (secondary N) is 1. The number of carbonyl (C=O) groups excluding carboxylic acids is 1. The number of para-hydroxylation sites is 1. The highest BCUT2D eigenvalue weighted by molar-refractivity contribution is 5.92. The highest BCUT2D eigenvalue weighted by Crippen LogP contribution is 2.25. The molecule has 29 heavy (non-hydrogen) atoms. The zero-order chi connectivity index (χ0) is 20.6. The molecule has 0 bridgehead atoms. The molecule has 0 spiro atoms. The number of hydrogen-bond donors (Lipinski definition) is 1. The molecule has 0 saturated heterocycles. The first-order valence-electron chi connectivity index (χ1n) is 9.97. The molecule has 1 aromatic carbocycles. The molecule has 0 atom stereocenters. The minimum absolute atomic E-state index is 0.121. The monoisotopic (exact) mass is 389 g/mol. The number of anilines is 2. The summed E-state index contributed by atoms with van der Waals surface area (Å²) in [5.74, 6) is 0.318. The lowest BCUT2D eigenvalue weighted by atomic mass is 10.0. The Labute approximate surface area is 172 Å². The van der Waals surface area contributed by atoms with Gasteiger partial charge in [0.2, 0.25) is 5.95 Å². The molecule has 2 heterocycles. The van der Waals surface area contributed by atoms with Gasteiger partial charge in [0.05, 0.1) is 0 Å². The predicted octanol–water partition coefficient (Wildman–Crippen LogP) is 4.05. The van der Waals surface area contributed by atoms with Crippen LogP contribution in [0.15, 0.2) is 55.0 Å². The smallest absolute Gasteiger partial charge is 0.272 e. The van der Waals surface area contributed by atoms with Crippen molar-refractivity contribution in [1.29, 1.82) is 0 Å². The summed E-state index contributed by atoms with van der Waals surface area (Å²) in [6.07, 6.45) is 7.74. The fourth-order valence-corrected chi connectivity index (χ4v) is 3.20. The lowest BCUT2D eigenvalue weighted by Crippen LogP contribution is -2.29. The minimum atomic E-state index is -0.121. The zero-order valence-corrected chi connectivity index (χ0v) is 17.2. The Morgan fingerprint density at radius 1 is 1.00 bits per heavy atom. The topological polar surface area (TPSA) is 71.0 Å². The second-order valence-electron chi connectivity index (χ2n) is 6.88. The van der Waals surface area contributed by atoms with Crippen molar-refractivity contribution >= 4 is 17.5 Å². The Morgan fingerprint density at radius 2 is 1.69 bits per heavy atom.